The van der Waals surface area contributed by atoms with Gasteiger partial charge in [0.2, 0.25) is 0 Å². The van der Waals surface area contributed by atoms with Crippen LogP contribution in [-0.4, -0.2) is 70.4 Å². The maximum Gasteiger partial charge on any atom is 0.269 e. The van der Waals surface area contributed by atoms with Gasteiger partial charge in [0.15, 0.2) is 11.5 Å². The van der Waals surface area contributed by atoms with Gasteiger partial charge in [0.1, 0.15) is 19.0 Å². The number of fused-ring (bicyclic) bond motifs is 2. The Morgan fingerprint density at radius 1 is 1.00 bits per heavy atom. The van der Waals surface area contributed by atoms with Crippen LogP contribution in [0.3, 0.4) is 0 Å². The van der Waals surface area contributed by atoms with Crippen molar-refractivity contribution in [1.29, 1.82) is 0 Å². The number of pyridine rings is 2. The molecule has 10 nitrogen and oxygen atoms in total. The fourth-order valence-electron chi connectivity index (χ4n) is 5.28. The number of ether oxygens (including phenoxy) is 3. The number of nitrogens with one attached hydrogen (secondary N) is 1. The van der Waals surface area contributed by atoms with E-state index < -0.39 is 0 Å². The van der Waals surface area contributed by atoms with Gasteiger partial charge >= 0.3 is 0 Å². The summed E-state index contributed by atoms with van der Waals surface area (Å²) in [5.74, 6) is 2.17. The van der Waals surface area contributed by atoms with Crippen molar-refractivity contribution in [3.05, 3.63) is 71.2 Å². The Kier molecular flexibility index (Phi) is 8.78. The SMILES string of the molecule is COc1cc(-c2ccncc2)c2ncc(=O)n(CCN3CCC(NCc4cc5c(cn4)OCCO5)CC3)c2c1.Cl. The number of piperidine rings is 1. The summed E-state index contributed by atoms with van der Waals surface area (Å²) in [6.45, 7) is 5.14. The maximum absolute atomic E-state index is 12.9. The number of hydrogen-bond acceptors (Lipinski definition) is 9. The molecule has 11 heteroatoms. The van der Waals surface area contributed by atoms with E-state index in [1.54, 1.807) is 25.7 Å². The van der Waals surface area contributed by atoms with Crippen molar-refractivity contribution >= 4 is 23.4 Å². The third kappa shape index (κ3) is 6.04. The van der Waals surface area contributed by atoms with Crippen molar-refractivity contribution in [2.45, 2.75) is 32.0 Å². The first-order valence-electron chi connectivity index (χ1n) is 13.4. The van der Waals surface area contributed by atoms with Crippen molar-refractivity contribution in [2.24, 2.45) is 0 Å². The molecule has 1 fully saturated rings. The lowest BCUT2D eigenvalue weighted by atomic mass is 10.0. The minimum Gasteiger partial charge on any atom is -0.497 e. The number of halogens is 1. The van der Waals surface area contributed by atoms with Gasteiger partial charge in [0.25, 0.3) is 5.56 Å². The lowest BCUT2D eigenvalue weighted by Gasteiger charge is -2.32. The van der Waals surface area contributed by atoms with Gasteiger partial charge in [0, 0.05) is 55.8 Å². The number of methoxy groups -OCH3 is 1. The number of benzene rings is 1. The fraction of sp³-hybridized carbons (Fsp3) is 0.379. The zero-order valence-corrected chi connectivity index (χ0v) is 23.2. The summed E-state index contributed by atoms with van der Waals surface area (Å²) < 4.78 is 18.6. The summed E-state index contributed by atoms with van der Waals surface area (Å²) in [4.78, 5) is 28.5. The van der Waals surface area contributed by atoms with Crippen LogP contribution in [0.2, 0.25) is 0 Å². The van der Waals surface area contributed by atoms with Crippen molar-refractivity contribution in [2.75, 3.05) is 40.0 Å². The molecule has 0 spiro atoms. The first-order valence-corrected chi connectivity index (χ1v) is 13.4. The van der Waals surface area contributed by atoms with Crippen molar-refractivity contribution in [3.8, 4) is 28.4 Å². The van der Waals surface area contributed by atoms with Gasteiger partial charge in [-0.05, 0) is 49.7 Å². The molecule has 0 bridgehead atoms. The lowest BCUT2D eigenvalue weighted by Crippen LogP contribution is -2.43. The van der Waals surface area contributed by atoms with Crippen molar-refractivity contribution in [1.82, 2.24) is 29.7 Å². The number of hydrogen-bond donors (Lipinski definition) is 1. The molecule has 1 aromatic carbocycles. The second-order valence-corrected chi connectivity index (χ2v) is 9.84. The van der Waals surface area contributed by atoms with E-state index >= 15 is 0 Å². The molecule has 40 heavy (non-hydrogen) atoms. The average Bonchev–Trinajstić information content (AvgIpc) is 2.99. The third-order valence-corrected chi connectivity index (χ3v) is 7.44. The Morgan fingerprint density at radius 3 is 2.55 bits per heavy atom. The average molecular weight is 565 g/mol. The maximum atomic E-state index is 12.9. The zero-order chi connectivity index (χ0) is 26.6. The number of rotatable bonds is 8. The summed E-state index contributed by atoms with van der Waals surface area (Å²) >= 11 is 0. The molecule has 2 aliphatic heterocycles. The van der Waals surface area contributed by atoms with E-state index in [4.69, 9.17) is 14.2 Å². The van der Waals surface area contributed by atoms with Crippen LogP contribution >= 0.6 is 12.4 Å². The largest absolute Gasteiger partial charge is 0.497 e. The van der Waals surface area contributed by atoms with Gasteiger partial charge < -0.3 is 29.0 Å². The highest BCUT2D eigenvalue weighted by molar-refractivity contribution is 5.93. The van der Waals surface area contributed by atoms with E-state index in [1.165, 1.54) is 6.20 Å². The Balaban J connectivity index is 0.00000323. The van der Waals surface area contributed by atoms with Crippen LogP contribution in [0.5, 0.6) is 17.2 Å². The van der Waals surface area contributed by atoms with Gasteiger partial charge in [-0.2, -0.15) is 0 Å². The molecule has 5 heterocycles. The quantitative estimate of drug-likeness (QED) is 0.345. The molecule has 1 N–H and O–H groups in total. The number of nitrogens with zero attached hydrogens (tertiary/aromatic N) is 5. The molecule has 3 aromatic heterocycles. The molecule has 0 amide bonds. The van der Waals surface area contributed by atoms with Gasteiger partial charge in [-0.1, -0.05) is 0 Å². The number of likely N-dealkylation sites (tertiary alicyclic amines) is 1. The molecule has 2 aliphatic rings. The van der Waals surface area contributed by atoms with Crippen LogP contribution < -0.4 is 25.1 Å². The minimum absolute atomic E-state index is 0. The van der Waals surface area contributed by atoms with Crippen LogP contribution in [0, 0.1) is 0 Å². The molecular formula is C29H33ClN6O4. The van der Waals surface area contributed by atoms with Gasteiger partial charge in [-0.3, -0.25) is 14.8 Å². The summed E-state index contributed by atoms with van der Waals surface area (Å²) in [7, 11) is 1.64. The Labute approximate surface area is 238 Å². The van der Waals surface area contributed by atoms with E-state index in [1.807, 2.05) is 34.9 Å². The topological polar surface area (TPSA) is 104 Å². The highest BCUT2D eigenvalue weighted by Gasteiger charge is 2.20. The standard InChI is InChI=1S/C29H32N6O4.ClH/c1-37-23-15-24(20-2-6-30-7-3-20)29-25(16-23)35(28(36)19-33-29)11-10-34-8-4-21(5-9-34)31-17-22-14-26-27(18-32-22)39-13-12-38-26;/h2-3,6-7,14-16,18-19,21,31H,4-5,8-13,17H2,1H3;1H. The third-order valence-electron chi connectivity index (χ3n) is 7.44. The molecule has 0 unspecified atom stereocenters. The minimum atomic E-state index is -0.111. The molecule has 0 atom stereocenters. The van der Waals surface area contributed by atoms with Crippen LogP contribution in [0.25, 0.3) is 22.2 Å². The first-order chi connectivity index (χ1) is 19.2. The van der Waals surface area contributed by atoms with Crippen LogP contribution in [0.4, 0.5) is 0 Å². The fourth-order valence-corrected chi connectivity index (χ4v) is 5.28. The molecular weight excluding hydrogens is 532 g/mol. The molecule has 210 valence electrons. The second-order valence-electron chi connectivity index (χ2n) is 9.84. The highest BCUT2D eigenvalue weighted by Crippen LogP contribution is 2.31. The molecule has 0 radical (unpaired) electrons. The molecule has 4 aromatic rings. The normalized spacial score (nSPS) is 15.5. The highest BCUT2D eigenvalue weighted by atomic mass is 35.5. The summed E-state index contributed by atoms with van der Waals surface area (Å²) in [5, 5.41) is 3.64. The van der Waals surface area contributed by atoms with E-state index in [-0.39, 0.29) is 18.0 Å². The monoisotopic (exact) mass is 564 g/mol. The van der Waals surface area contributed by atoms with Crippen molar-refractivity contribution < 1.29 is 14.2 Å². The second kappa shape index (κ2) is 12.6. The predicted molar refractivity (Wildman–Crippen MR) is 155 cm³/mol. The summed E-state index contributed by atoms with van der Waals surface area (Å²) in [5.41, 5.74) is 4.29. The van der Waals surface area contributed by atoms with Crippen molar-refractivity contribution in [3.63, 3.8) is 0 Å². The number of aromatic nitrogens is 4. The molecule has 6 rings (SSSR count). The Hall–Kier alpha value is -3.73. The van der Waals surface area contributed by atoms with Crippen LogP contribution in [0.1, 0.15) is 18.5 Å². The summed E-state index contributed by atoms with van der Waals surface area (Å²) in [6.07, 6.45) is 8.74. The van der Waals surface area contributed by atoms with Gasteiger partial charge in [-0.25, -0.2) is 4.98 Å². The van der Waals surface area contributed by atoms with Crippen LogP contribution in [-0.2, 0) is 13.1 Å². The molecule has 1 saturated heterocycles. The van der Waals surface area contributed by atoms with E-state index in [2.05, 4.69) is 25.2 Å². The van der Waals surface area contributed by atoms with E-state index in [0.29, 0.717) is 43.8 Å². The van der Waals surface area contributed by atoms with Gasteiger partial charge in [-0.15, -0.1) is 12.4 Å². The summed E-state index contributed by atoms with van der Waals surface area (Å²) in [6, 6.07) is 10.1. The molecule has 0 aliphatic carbocycles. The predicted octanol–water partition coefficient (Wildman–Crippen LogP) is 3.31. The molecule has 0 saturated carbocycles. The Morgan fingerprint density at radius 2 is 1.77 bits per heavy atom. The zero-order valence-electron chi connectivity index (χ0n) is 22.4. The van der Waals surface area contributed by atoms with Gasteiger partial charge in [0.05, 0.1) is 36.2 Å². The Bertz CT molecular complexity index is 1510. The lowest BCUT2D eigenvalue weighted by molar-refractivity contribution is 0.170. The van der Waals surface area contributed by atoms with E-state index in [0.717, 1.165) is 66.1 Å². The smallest absolute Gasteiger partial charge is 0.269 e. The van der Waals surface area contributed by atoms with Crippen LogP contribution in [0.15, 0.2) is 59.9 Å². The first kappa shape index (κ1) is 27.8. The van der Waals surface area contributed by atoms with E-state index in [9.17, 15) is 4.79 Å².